The van der Waals surface area contributed by atoms with E-state index in [9.17, 15) is 44.1 Å². The van der Waals surface area contributed by atoms with Crippen LogP contribution in [0.2, 0.25) is 0 Å². The van der Waals surface area contributed by atoms with Gasteiger partial charge in [-0.05, 0) is 74.9 Å². The molecule has 0 saturated carbocycles. The number of hydrogen-bond donors (Lipinski definition) is 3. The molecule has 0 aromatic heterocycles. The smallest absolute Gasteiger partial charge is 0.198 e. The lowest BCUT2D eigenvalue weighted by molar-refractivity contribution is 0.0981. The summed E-state index contributed by atoms with van der Waals surface area (Å²) >= 11 is 0. The molecule has 0 fully saturated rings. The van der Waals surface area contributed by atoms with Crippen LogP contribution in [0.25, 0.3) is 16.7 Å². The van der Waals surface area contributed by atoms with E-state index in [1.807, 2.05) is 0 Å². The Morgan fingerprint density at radius 1 is 0.500 bits per heavy atom. The molecule has 0 heterocycles. The average Bonchev–Trinajstić information content (AvgIpc) is 2.93. The molecule has 0 amide bonds. The van der Waals surface area contributed by atoms with Gasteiger partial charge in [0.1, 0.15) is 17.2 Å². The maximum Gasteiger partial charge on any atom is 0.198 e. The first-order chi connectivity index (χ1) is 19.8. The van der Waals surface area contributed by atoms with Gasteiger partial charge in [0, 0.05) is 50.1 Å². The predicted octanol–water partition coefficient (Wildman–Crippen LogP) is 4.97. The van der Waals surface area contributed by atoms with Crippen LogP contribution in [0.15, 0.2) is 65.3 Å². The molecule has 206 valence electrons. The van der Waals surface area contributed by atoms with Gasteiger partial charge in [0.25, 0.3) is 0 Å². The molecule has 0 aliphatic heterocycles. The Hall–Kier alpha value is -5.70. The summed E-state index contributed by atoms with van der Waals surface area (Å²) in [5.74, 6) is -5.31. The first kappa shape index (κ1) is 26.5. The number of carbonyl (C=O) groups excluding carboxylic acids is 6. The zero-order valence-electron chi connectivity index (χ0n) is 22.4. The maximum absolute atomic E-state index is 13.7. The summed E-state index contributed by atoms with van der Waals surface area (Å²) in [5, 5.41) is 33.0. The van der Waals surface area contributed by atoms with Gasteiger partial charge < -0.3 is 15.3 Å². The van der Waals surface area contributed by atoms with Gasteiger partial charge in [0.2, 0.25) is 0 Å². The number of allylic oxidation sites excluding steroid dienone is 6. The third kappa shape index (κ3) is 3.50. The van der Waals surface area contributed by atoms with E-state index in [0.717, 1.165) is 18.2 Å². The lowest BCUT2D eigenvalue weighted by Crippen LogP contribution is -2.22. The highest BCUT2D eigenvalue weighted by Gasteiger charge is 2.37. The van der Waals surface area contributed by atoms with Crippen molar-refractivity contribution in [3.8, 4) is 28.4 Å². The number of aromatic hydroxyl groups is 3. The molecule has 0 unspecified atom stereocenters. The molecule has 0 saturated heterocycles. The third-order valence-corrected chi connectivity index (χ3v) is 7.86. The molecule has 0 spiro atoms. The second-order valence-corrected chi connectivity index (χ2v) is 10.4. The highest BCUT2D eigenvalue weighted by atomic mass is 16.3. The molecule has 3 aromatic carbocycles. The second-order valence-electron chi connectivity index (χ2n) is 10.4. The molecule has 3 aliphatic carbocycles. The number of phenols is 3. The second kappa shape index (κ2) is 8.90. The van der Waals surface area contributed by atoms with Gasteiger partial charge in [-0.3, -0.25) is 28.8 Å². The average molecular weight is 561 g/mol. The summed E-state index contributed by atoms with van der Waals surface area (Å²) in [4.78, 5) is 77.7. The van der Waals surface area contributed by atoms with Gasteiger partial charge >= 0.3 is 0 Å². The minimum atomic E-state index is -0.807. The lowest BCUT2D eigenvalue weighted by atomic mass is 9.78. The Balaban J connectivity index is 1.49. The monoisotopic (exact) mass is 560 g/mol. The van der Waals surface area contributed by atoms with Crippen LogP contribution in [0.1, 0.15) is 88.5 Å². The van der Waals surface area contributed by atoms with E-state index < -0.39 is 51.9 Å². The van der Waals surface area contributed by atoms with Crippen LogP contribution < -0.4 is 0 Å². The molecule has 3 aliphatic rings. The minimum Gasteiger partial charge on any atom is -0.507 e. The quantitative estimate of drug-likeness (QED) is 0.392. The first-order valence-corrected chi connectivity index (χ1v) is 12.8. The summed E-state index contributed by atoms with van der Waals surface area (Å²) in [6, 6.07) is 7.76. The predicted molar refractivity (Wildman–Crippen MR) is 149 cm³/mol. The van der Waals surface area contributed by atoms with Gasteiger partial charge in [0.15, 0.2) is 34.7 Å². The zero-order valence-corrected chi connectivity index (χ0v) is 22.4. The molecule has 0 bridgehead atoms. The van der Waals surface area contributed by atoms with E-state index in [2.05, 4.69) is 0 Å². The van der Waals surface area contributed by atoms with E-state index in [4.69, 9.17) is 0 Å². The van der Waals surface area contributed by atoms with Crippen LogP contribution >= 0.6 is 0 Å². The fourth-order valence-corrected chi connectivity index (χ4v) is 5.72. The van der Waals surface area contributed by atoms with Crippen molar-refractivity contribution in [2.24, 2.45) is 0 Å². The van der Waals surface area contributed by atoms with Crippen molar-refractivity contribution in [2.45, 2.75) is 20.8 Å². The SMILES string of the molecule is CC1=CC(=O)c2c(ccc(C3=C(C)C(=O)c4cc(-c5ccc6c(c5O)C(=O)C=C(C)C6=O)cc(O)c4C3=O)c2O)C1=O. The summed E-state index contributed by atoms with van der Waals surface area (Å²) in [5.41, 5.74) is -0.944. The Kier molecular flexibility index (Phi) is 5.62. The van der Waals surface area contributed by atoms with Crippen LogP contribution in [-0.4, -0.2) is 50.0 Å². The highest BCUT2D eigenvalue weighted by molar-refractivity contribution is 6.42. The van der Waals surface area contributed by atoms with E-state index in [1.165, 1.54) is 51.1 Å². The summed E-state index contributed by atoms with van der Waals surface area (Å²) in [6.45, 7) is 4.31. The van der Waals surface area contributed by atoms with Crippen molar-refractivity contribution in [3.05, 3.63) is 104 Å². The molecule has 3 N–H and O–H groups in total. The van der Waals surface area contributed by atoms with Crippen LogP contribution in [0.3, 0.4) is 0 Å². The fourth-order valence-electron chi connectivity index (χ4n) is 5.72. The first-order valence-electron chi connectivity index (χ1n) is 12.8. The Morgan fingerprint density at radius 2 is 0.976 bits per heavy atom. The van der Waals surface area contributed by atoms with Crippen molar-refractivity contribution in [1.29, 1.82) is 0 Å². The van der Waals surface area contributed by atoms with Gasteiger partial charge in [-0.25, -0.2) is 0 Å². The number of phenolic OH excluding ortho intramolecular Hbond substituents is 3. The van der Waals surface area contributed by atoms with Crippen molar-refractivity contribution >= 4 is 40.3 Å². The third-order valence-electron chi connectivity index (χ3n) is 7.86. The topological polar surface area (TPSA) is 163 Å². The number of benzene rings is 3. The van der Waals surface area contributed by atoms with Crippen LogP contribution in [-0.2, 0) is 0 Å². The van der Waals surface area contributed by atoms with Crippen molar-refractivity contribution in [2.75, 3.05) is 0 Å². The van der Waals surface area contributed by atoms with Gasteiger partial charge in [-0.2, -0.15) is 0 Å². The van der Waals surface area contributed by atoms with Gasteiger partial charge in [0.05, 0.1) is 16.7 Å². The zero-order chi connectivity index (χ0) is 30.4. The number of ketones is 6. The normalized spacial score (nSPS) is 16.3. The van der Waals surface area contributed by atoms with Crippen molar-refractivity contribution in [1.82, 2.24) is 0 Å². The molecular weight excluding hydrogens is 540 g/mol. The van der Waals surface area contributed by atoms with Crippen LogP contribution in [0.5, 0.6) is 17.2 Å². The van der Waals surface area contributed by atoms with E-state index >= 15 is 0 Å². The van der Waals surface area contributed by atoms with Gasteiger partial charge in [-0.15, -0.1) is 0 Å². The Morgan fingerprint density at radius 3 is 1.52 bits per heavy atom. The number of Topliss-reactive ketones (excluding diaryl/α,β-unsaturated/α-hetero) is 4. The van der Waals surface area contributed by atoms with Crippen molar-refractivity contribution in [3.63, 3.8) is 0 Å². The molecular formula is C33H20O9. The molecule has 6 rings (SSSR count). The number of hydrogen-bond acceptors (Lipinski definition) is 9. The number of fused-ring (bicyclic) bond motifs is 3. The van der Waals surface area contributed by atoms with E-state index in [0.29, 0.717) is 0 Å². The number of rotatable bonds is 2. The largest absolute Gasteiger partial charge is 0.507 e. The number of carbonyl (C=O) groups is 6. The van der Waals surface area contributed by atoms with E-state index in [1.54, 1.807) is 0 Å². The molecule has 0 atom stereocenters. The Labute approximate surface area is 237 Å². The molecule has 9 heteroatoms. The fraction of sp³-hybridized carbons (Fsp3) is 0.0909. The maximum atomic E-state index is 13.7. The minimum absolute atomic E-state index is 0.0220. The van der Waals surface area contributed by atoms with Gasteiger partial charge in [-0.1, -0.05) is 0 Å². The molecule has 3 aromatic rings. The molecule has 0 radical (unpaired) electrons. The molecule has 42 heavy (non-hydrogen) atoms. The van der Waals surface area contributed by atoms with Crippen LogP contribution in [0, 0.1) is 0 Å². The highest BCUT2D eigenvalue weighted by Crippen LogP contribution is 2.45. The Bertz CT molecular complexity index is 2030. The van der Waals surface area contributed by atoms with E-state index in [-0.39, 0.29) is 72.4 Å². The lowest BCUT2D eigenvalue weighted by Gasteiger charge is -2.23. The van der Waals surface area contributed by atoms with Crippen LogP contribution in [0.4, 0.5) is 0 Å². The molecule has 9 nitrogen and oxygen atoms in total. The summed E-state index contributed by atoms with van der Waals surface area (Å²) < 4.78 is 0. The summed E-state index contributed by atoms with van der Waals surface area (Å²) in [7, 11) is 0. The standard InChI is InChI=1S/C33H20O9/c1-12-8-21(34)25-18(28(12)37)5-4-16(31(25)40)15-10-20-27(23(36)11-15)33(42)24(14(3)30(20)39)17-6-7-19-26(32(17)41)22(35)9-13(2)29(19)38/h4-11,36,40-41H,1-3H3. The summed E-state index contributed by atoms with van der Waals surface area (Å²) in [6.07, 6.45) is 2.20. The van der Waals surface area contributed by atoms with Crippen molar-refractivity contribution < 1.29 is 44.1 Å².